The van der Waals surface area contributed by atoms with E-state index in [9.17, 15) is 8.78 Å². The summed E-state index contributed by atoms with van der Waals surface area (Å²) in [6.07, 6.45) is 1.64. The van der Waals surface area contributed by atoms with Gasteiger partial charge >= 0.3 is 0 Å². The summed E-state index contributed by atoms with van der Waals surface area (Å²) in [5, 5.41) is 0. The Balaban J connectivity index is 2.31. The zero-order valence-corrected chi connectivity index (χ0v) is 12.5. The van der Waals surface area contributed by atoms with E-state index in [1.807, 2.05) is 13.8 Å². The summed E-state index contributed by atoms with van der Waals surface area (Å²) in [7, 11) is 0. The van der Waals surface area contributed by atoms with Crippen molar-refractivity contribution in [1.82, 2.24) is 9.55 Å². The molecule has 0 bridgehead atoms. The Kier molecular flexibility index (Phi) is 2.80. The van der Waals surface area contributed by atoms with Crippen LogP contribution in [-0.2, 0) is 5.92 Å². The molecule has 3 nitrogen and oxygen atoms in total. The molecular weight excluding hydrogens is 272 g/mol. The van der Waals surface area contributed by atoms with Crippen molar-refractivity contribution < 1.29 is 8.78 Å². The van der Waals surface area contributed by atoms with E-state index < -0.39 is 11.5 Å². The van der Waals surface area contributed by atoms with Gasteiger partial charge in [-0.2, -0.15) is 8.78 Å². The predicted molar refractivity (Wildman–Crippen MR) is 78.1 cm³/mol. The van der Waals surface area contributed by atoms with E-state index >= 15 is 0 Å². The Morgan fingerprint density at radius 1 is 1.10 bits per heavy atom. The van der Waals surface area contributed by atoms with Crippen LogP contribution in [-0.4, -0.2) is 20.9 Å². The first-order valence-electron chi connectivity index (χ1n) is 6.84. The molecule has 0 atom stereocenters. The van der Waals surface area contributed by atoms with Gasteiger partial charge in [0.15, 0.2) is 0 Å². The highest BCUT2D eigenvalue weighted by Gasteiger charge is 2.52. The molecule has 2 aromatic rings. The number of imidazole rings is 1. The van der Waals surface area contributed by atoms with Crippen LogP contribution in [0, 0.1) is 13.8 Å². The summed E-state index contributed by atoms with van der Waals surface area (Å²) in [6, 6.07) is 6.55. The molecule has 0 unspecified atom stereocenters. The predicted octanol–water partition coefficient (Wildman–Crippen LogP) is 3.68. The monoisotopic (exact) mass is 289 g/mol. The van der Waals surface area contributed by atoms with E-state index in [1.54, 1.807) is 29.1 Å². The van der Waals surface area contributed by atoms with Gasteiger partial charge < -0.3 is 0 Å². The van der Waals surface area contributed by atoms with Crippen molar-refractivity contribution in [1.29, 1.82) is 0 Å². The van der Waals surface area contributed by atoms with Crippen LogP contribution in [0.3, 0.4) is 0 Å². The van der Waals surface area contributed by atoms with Crippen LogP contribution in [0.5, 0.6) is 0 Å². The van der Waals surface area contributed by atoms with E-state index in [-0.39, 0.29) is 5.56 Å². The van der Waals surface area contributed by atoms with Crippen molar-refractivity contribution in [3.63, 3.8) is 0 Å². The lowest BCUT2D eigenvalue weighted by Crippen LogP contribution is -2.45. The van der Waals surface area contributed by atoms with Crippen molar-refractivity contribution in [3.8, 4) is 0 Å². The van der Waals surface area contributed by atoms with Crippen molar-refractivity contribution >= 4 is 5.84 Å². The van der Waals surface area contributed by atoms with Gasteiger partial charge in [0, 0.05) is 16.8 Å². The molecule has 1 aliphatic rings. The summed E-state index contributed by atoms with van der Waals surface area (Å²) in [5.74, 6) is -2.48. The van der Waals surface area contributed by atoms with E-state index in [1.165, 1.54) is 19.9 Å². The average Bonchev–Trinajstić information content (AvgIpc) is 2.75. The summed E-state index contributed by atoms with van der Waals surface area (Å²) < 4.78 is 31.1. The first-order valence-corrected chi connectivity index (χ1v) is 6.84. The smallest absolute Gasteiger partial charge is 0.287 e. The number of benzene rings is 1. The van der Waals surface area contributed by atoms with Gasteiger partial charge in [-0.25, -0.2) is 4.98 Å². The van der Waals surface area contributed by atoms with E-state index in [4.69, 9.17) is 0 Å². The minimum absolute atomic E-state index is 0.0192. The largest absolute Gasteiger partial charge is 0.298 e. The highest BCUT2D eigenvalue weighted by Crippen LogP contribution is 2.46. The lowest BCUT2D eigenvalue weighted by Gasteiger charge is -2.37. The van der Waals surface area contributed by atoms with Gasteiger partial charge in [-0.3, -0.25) is 9.56 Å². The number of halogens is 2. The van der Waals surface area contributed by atoms with Gasteiger partial charge in [0.2, 0.25) is 0 Å². The molecule has 110 valence electrons. The number of aliphatic imine (C=N–C) groups is 1. The third kappa shape index (κ3) is 1.83. The molecule has 0 radical (unpaired) electrons. The van der Waals surface area contributed by atoms with Crippen LogP contribution < -0.4 is 0 Å². The normalized spacial score (nSPS) is 19.0. The number of aromatic nitrogens is 2. The lowest BCUT2D eigenvalue weighted by atomic mass is 9.84. The average molecular weight is 289 g/mol. The molecule has 5 heteroatoms. The van der Waals surface area contributed by atoms with Crippen LogP contribution in [0.2, 0.25) is 0 Å². The van der Waals surface area contributed by atoms with Gasteiger partial charge in [-0.05, 0) is 27.7 Å². The molecule has 1 aliphatic heterocycles. The standard InChI is InChI=1S/C16H17F2N3/c1-10-11(2)21(9-19-10)14-12-7-5-6-8-13(12)16(17,18)15(3,4)20-14/h5-9H,1-4H3. The van der Waals surface area contributed by atoms with Gasteiger partial charge in [0.05, 0.1) is 5.69 Å². The summed E-state index contributed by atoms with van der Waals surface area (Å²) in [4.78, 5) is 8.59. The molecule has 0 aliphatic carbocycles. The van der Waals surface area contributed by atoms with Crippen LogP contribution in [0.4, 0.5) is 8.78 Å². The molecule has 2 heterocycles. The number of alkyl halides is 2. The van der Waals surface area contributed by atoms with Gasteiger partial charge in [0.25, 0.3) is 5.92 Å². The first kappa shape index (κ1) is 13.9. The van der Waals surface area contributed by atoms with Crippen LogP contribution in [0.15, 0.2) is 35.6 Å². The molecule has 0 fully saturated rings. The molecular formula is C16H17F2N3. The molecule has 3 rings (SSSR count). The van der Waals surface area contributed by atoms with Gasteiger partial charge in [-0.1, -0.05) is 24.3 Å². The molecule has 0 saturated heterocycles. The summed E-state index contributed by atoms with van der Waals surface area (Å²) >= 11 is 0. The number of rotatable bonds is 0. The fourth-order valence-electron chi connectivity index (χ4n) is 2.57. The minimum atomic E-state index is -3.00. The van der Waals surface area contributed by atoms with E-state index in [0.717, 1.165) is 11.4 Å². The van der Waals surface area contributed by atoms with Crippen LogP contribution in [0.25, 0.3) is 0 Å². The Bertz CT molecular complexity index is 742. The topological polar surface area (TPSA) is 30.2 Å². The van der Waals surface area contributed by atoms with Gasteiger partial charge in [-0.15, -0.1) is 0 Å². The summed E-state index contributed by atoms with van der Waals surface area (Å²) in [5.41, 5.74) is 0.754. The second-order valence-electron chi connectivity index (χ2n) is 5.90. The van der Waals surface area contributed by atoms with Crippen molar-refractivity contribution in [2.45, 2.75) is 39.2 Å². The fraction of sp³-hybridized carbons (Fsp3) is 0.375. The number of hydrogen-bond acceptors (Lipinski definition) is 2. The Morgan fingerprint density at radius 3 is 2.38 bits per heavy atom. The molecule has 0 spiro atoms. The zero-order valence-electron chi connectivity index (χ0n) is 12.5. The maximum Gasteiger partial charge on any atom is 0.298 e. The Labute approximate surface area is 122 Å². The van der Waals surface area contributed by atoms with E-state index in [0.29, 0.717) is 11.4 Å². The molecule has 0 N–H and O–H groups in total. The molecule has 1 aromatic carbocycles. The first-order chi connectivity index (χ1) is 9.75. The van der Waals surface area contributed by atoms with E-state index in [2.05, 4.69) is 9.98 Å². The molecule has 21 heavy (non-hydrogen) atoms. The molecule has 0 amide bonds. The molecule has 0 saturated carbocycles. The molecule has 1 aromatic heterocycles. The van der Waals surface area contributed by atoms with Crippen LogP contribution >= 0.6 is 0 Å². The maximum atomic E-state index is 14.6. The third-order valence-corrected chi connectivity index (χ3v) is 4.14. The van der Waals surface area contributed by atoms with Gasteiger partial charge in [0.1, 0.15) is 17.7 Å². The second-order valence-corrected chi connectivity index (χ2v) is 5.90. The highest BCUT2D eigenvalue weighted by atomic mass is 19.3. The highest BCUT2D eigenvalue weighted by molar-refractivity contribution is 6.03. The SMILES string of the molecule is Cc1ncn(C2=NC(C)(C)C(F)(F)c3ccccc32)c1C. The van der Waals surface area contributed by atoms with Crippen molar-refractivity contribution in [2.24, 2.45) is 4.99 Å². The quantitative estimate of drug-likeness (QED) is 0.727. The number of fused-ring (bicyclic) bond motifs is 1. The summed E-state index contributed by atoms with van der Waals surface area (Å²) in [6.45, 7) is 6.72. The Morgan fingerprint density at radius 2 is 1.76 bits per heavy atom. The van der Waals surface area contributed by atoms with Crippen molar-refractivity contribution in [2.75, 3.05) is 0 Å². The zero-order chi connectivity index (χ0) is 15.4. The fourth-order valence-corrected chi connectivity index (χ4v) is 2.57. The lowest BCUT2D eigenvalue weighted by molar-refractivity contribution is -0.0684. The minimum Gasteiger partial charge on any atom is -0.287 e. The second kappa shape index (κ2) is 4.23. The number of hydrogen-bond donors (Lipinski definition) is 0. The number of aryl methyl sites for hydroxylation is 1. The van der Waals surface area contributed by atoms with Crippen LogP contribution in [0.1, 0.15) is 36.4 Å². The maximum absolute atomic E-state index is 14.6. The van der Waals surface area contributed by atoms with Crippen molar-refractivity contribution in [3.05, 3.63) is 53.1 Å². The number of nitrogens with zero attached hydrogens (tertiary/aromatic N) is 3. The Hall–Kier alpha value is -2.04. The third-order valence-electron chi connectivity index (χ3n) is 4.14.